The Labute approximate surface area is 115 Å². The van der Waals surface area contributed by atoms with Gasteiger partial charge in [-0.05, 0) is 11.8 Å². The lowest BCUT2D eigenvalue weighted by Gasteiger charge is -2.24. The van der Waals surface area contributed by atoms with E-state index in [-0.39, 0.29) is 23.7 Å². The molecule has 0 aliphatic heterocycles. The summed E-state index contributed by atoms with van der Waals surface area (Å²) in [5, 5.41) is 14.3. The first kappa shape index (κ1) is 16.5. The van der Waals surface area contributed by atoms with Gasteiger partial charge in [0.15, 0.2) is 0 Å². The SMILES string of the molecule is CNc1cc(NCC(C)(C)CCO)nc(C(F)(F)F)n1. The van der Waals surface area contributed by atoms with Crippen LogP contribution < -0.4 is 10.6 Å². The molecule has 0 saturated carbocycles. The van der Waals surface area contributed by atoms with Crippen LogP contribution in [0.5, 0.6) is 0 Å². The highest BCUT2D eigenvalue weighted by Crippen LogP contribution is 2.28. The molecule has 1 rings (SSSR count). The Bertz CT molecular complexity index is 449. The van der Waals surface area contributed by atoms with Crippen molar-refractivity contribution in [1.82, 2.24) is 9.97 Å². The first-order valence-electron chi connectivity index (χ1n) is 6.17. The summed E-state index contributed by atoms with van der Waals surface area (Å²) in [6.45, 7) is 4.22. The number of aliphatic hydroxyl groups excluding tert-OH is 1. The average molecular weight is 292 g/mol. The van der Waals surface area contributed by atoms with Crippen molar-refractivity contribution in [3.05, 3.63) is 11.9 Å². The van der Waals surface area contributed by atoms with Crippen LogP contribution >= 0.6 is 0 Å². The molecule has 0 amide bonds. The van der Waals surface area contributed by atoms with Crippen molar-refractivity contribution < 1.29 is 18.3 Å². The summed E-state index contributed by atoms with van der Waals surface area (Å²) in [5.41, 5.74) is -0.252. The second-order valence-electron chi connectivity index (χ2n) is 5.20. The molecule has 0 fully saturated rings. The number of anilines is 2. The van der Waals surface area contributed by atoms with Crippen molar-refractivity contribution in [3.63, 3.8) is 0 Å². The van der Waals surface area contributed by atoms with Gasteiger partial charge in [-0.25, -0.2) is 9.97 Å². The van der Waals surface area contributed by atoms with E-state index in [0.29, 0.717) is 13.0 Å². The quantitative estimate of drug-likeness (QED) is 0.751. The van der Waals surface area contributed by atoms with Gasteiger partial charge in [0.05, 0.1) is 0 Å². The summed E-state index contributed by atoms with van der Waals surface area (Å²) in [4.78, 5) is 6.84. The van der Waals surface area contributed by atoms with Crippen molar-refractivity contribution in [2.45, 2.75) is 26.4 Å². The molecule has 0 saturated heterocycles. The predicted octanol–water partition coefficient (Wildman–Crippen LogP) is 2.36. The standard InChI is InChI=1S/C12H19F3N4O/c1-11(2,4-5-20)7-17-9-6-8(16-3)18-10(19-9)12(13,14)15/h6,20H,4-5,7H2,1-3H3,(H2,16,17,18,19). The van der Waals surface area contributed by atoms with Crippen LogP contribution in [0.2, 0.25) is 0 Å². The van der Waals surface area contributed by atoms with Crippen molar-refractivity contribution in [2.24, 2.45) is 5.41 Å². The molecule has 1 aromatic rings. The zero-order chi connectivity index (χ0) is 15.4. The predicted molar refractivity (Wildman–Crippen MR) is 70.6 cm³/mol. The Morgan fingerprint density at radius 3 is 2.30 bits per heavy atom. The maximum atomic E-state index is 12.7. The summed E-state index contributed by atoms with van der Waals surface area (Å²) in [6, 6.07) is 1.41. The number of hydrogen-bond acceptors (Lipinski definition) is 5. The first-order valence-corrected chi connectivity index (χ1v) is 6.17. The summed E-state index contributed by atoms with van der Waals surface area (Å²) in [5.74, 6) is -0.996. The molecule has 1 heterocycles. The number of nitrogens with zero attached hydrogens (tertiary/aromatic N) is 2. The third kappa shape index (κ3) is 4.84. The highest BCUT2D eigenvalue weighted by molar-refractivity contribution is 5.47. The minimum Gasteiger partial charge on any atom is -0.396 e. The average Bonchev–Trinajstić information content (AvgIpc) is 2.35. The number of alkyl halides is 3. The number of nitrogens with one attached hydrogen (secondary N) is 2. The van der Waals surface area contributed by atoms with Gasteiger partial charge in [0.2, 0.25) is 5.82 Å². The fourth-order valence-corrected chi connectivity index (χ4v) is 1.51. The van der Waals surface area contributed by atoms with Crippen LogP contribution in [-0.2, 0) is 6.18 Å². The largest absolute Gasteiger partial charge is 0.451 e. The Morgan fingerprint density at radius 1 is 1.20 bits per heavy atom. The second kappa shape index (κ2) is 6.25. The zero-order valence-electron chi connectivity index (χ0n) is 11.7. The Hall–Kier alpha value is -1.57. The van der Waals surface area contributed by atoms with Crippen molar-refractivity contribution in [1.29, 1.82) is 0 Å². The summed E-state index contributed by atoms with van der Waals surface area (Å²) in [6.07, 6.45) is -4.06. The van der Waals surface area contributed by atoms with E-state index in [0.717, 1.165) is 0 Å². The Morgan fingerprint density at radius 2 is 1.80 bits per heavy atom. The van der Waals surface area contributed by atoms with Crippen LogP contribution in [-0.4, -0.2) is 35.3 Å². The monoisotopic (exact) mass is 292 g/mol. The lowest BCUT2D eigenvalue weighted by Crippen LogP contribution is -2.25. The summed E-state index contributed by atoms with van der Waals surface area (Å²) >= 11 is 0. The molecule has 3 N–H and O–H groups in total. The van der Waals surface area contributed by atoms with E-state index in [4.69, 9.17) is 5.11 Å². The number of hydrogen-bond donors (Lipinski definition) is 3. The van der Waals surface area contributed by atoms with Gasteiger partial charge in [0.25, 0.3) is 0 Å². The van der Waals surface area contributed by atoms with Crippen molar-refractivity contribution >= 4 is 11.6 Å². The van der Waals surface area contributed by atoms with Crippen LogP contribution in [0, 0.1) is 5.41 Å². The zero-order valence-corrected chi connectivity index (χ0v) is 11.7. The molecule has 0 aliphatic carbocycles. The molecule has 0 aliphatic rings. The highest BCUT2D eigenvalue weighted by atomic mass is 19.4. The van der Waals surface area contributed by atoms with Gasteiger partial charge in [-0.1, -0.05) is 13.8 Å². The van der Waals surface area contributed by atoms with Gasteiger partial charge >= 0.3 is 6.18 Å². The molecular weight excluding hydrogens is 273 g/mol. The van der Waals surface area contributed by atoms with Gasteiger partial charge in [-0.3, -0.25) is 0 Å². The topological polar surface area (TPSA) is 70.1 Å². The minimum absolute atomic E-state index is 0.0218. The number of aliphatic hydroxyl groups is 1. The molecule has 0 radical (unpaired) electrons. The van der Waals surface area contributed by atoms with E-state index >= 15 is 0 Å². The first-order chi connectivity index (χ1) is 9.18. The van der Waals surface area contributed by atoms with Crippen molar-refractivity contribution in [2.75, 3.05) is 30.8 Å². The highest BCUT2D eigenvalue weighted by Gasteiger charge is 2.35. The normalized spacial score (nSPS) is 12.3. The van der Waals surface area contributed by atoms with Crippen LogP contribution in [0.4, 0.5) is 24.8 Å². The number of halogens is 3. The Kier molecular flexibility index (Phi) is 5.15. The van der Waals surface area contributed by atoms with Gasteiger partial charge in [-0.2, -0.15) is 13.2 Å². The lowest BCUT2D eigenvalue weighted by molar-refractivity contribution is -0.144. The third-order valence-corrected chi connectivity index (χ3v) is 2.77. The Balaban J connectivity index is 2.90. The minimum atomic E-state index is -4.59. The van der Waals surface area contributed by atoms with Crippen LogP contribution in [0.15, 0.2) is 6.07 Å². The lowest BCUT2D eigenvalue weighted by atomic mass is 9.90. The maximum Gasteiger partial charge on any atom is 0.451 e. The molecule has 0 bridgehead atoms. The van der Waals surface area contributed by atoms with Crippen LogP contribution in [0.3, 0.4) is 0 Å². The molecule has 20 heavy (non-hydrogen) atoms. The molecule has 0 spiro atoms. The third-order valence-electron chi connectivity index (χ3n) is 2.77. The van der Waals surface area contributed by atoms with E-state index in [1.165, 1.54) is 13.1 Å². The van der Waals surface area contributed by atoms with Gasteiger partial charge in [0, 0.05) is 26.3 Å². The fourth-order valence-electron chi connectivity index (χ4n) is 1.51. The summed E-state index contributed by atoms with van der Waals surface area (Å²) < 4.78 is 38.0. The number of rotatable bonds is 6. The van der Waals surface area contributed by atoms with E-state index in [9.17, 15) is 13.2 Å². The molecule has 1 aromatic heterocycles. The van der Waals surface area contributed by atoms with E-state index < -0.39 is 12.0 Å². The molecule has 114 valence electrons. The molecule has 0 atom stereocenters. The van der Waals surface area contributed by atoms with Gasteiger partial charge in [-0.15, -0.1) is 0 Å². The molecule has 0 aromatic carbocycles. The molecule has 0 unspecified atom stereocenters. The van der Waals surface area contributed by atoms with Crippen LogP contribution in [0.25, 0.3) is 0 Å². The van der Waals surface area contributed by atoms with E-state index in [1.807, 2.05) is 13.8 Å². The fraction of sp³-hybridized carbons (Fsp3) is 0.667. The van der Waals surface area contributed by atoms with Crippen molar-refractivity contribution in [3.8, 4) is 0 Å². The summed E-state index contributed by atoms with van der Waals surface area (Å²) in [7, 11) is 1.49. The number of aromatic nitrogens is 2. The maximum absolute atomic E-state index is 12.7. The van der Waals surface area contributed by atoms with E-state index in [1.54, 1.807) is 0 Å². The van der Waals surface area contributed by atoms with Gasteiger partial charge < -0.3 is 15.7 Å². The van der Waals surface area contributed by atoms with Crippen LogP contribution in [0.1, 0.15) is 26.1 Å². The molecule has 5 nitrogen and oxygen atoms in total. The molecule has 8 heteroatoms. The smallest absolute Gasteiger partial charge is 0.396 e. The second-order valence-corrected chi connectivity index (χ2v) is 5.20. The van der Waals surface area contributed by atoms with Gasteiger partial charge in [0.1, 0.15) is 11.6 Å². The molecular formula is C12H19F3N4O. The van der Waals surface area contributed by atoms with E-state index in [2.05, 4.69) is 20.6 Å².